The Morgan fingerprint density at radius 2 is 0.870 bits per heavy atom. The molecule has 0 rings (SSSR count). The molecule has 0 spiro atoms. The van der Waals surface area contributed by atoms with Crippen LogP contribution in [0.25, 0.3) is 0 Å². The van der Waals surface area contributed by atoms with Gasteiger partial charge in [-0.2, -0.15) is 0 Å². The molecule has 0 amide bonds. The van der Waals surface area contributed by atoms with Crippen molar-refractivity contribution in [2.45, 2.75) is 104 Å². The van der Waals surface area contributed by atoms with E-state index < -0.39 is 7.60 Å². The number of unbranched alkanes of at least 4 members (excludes halogenated alkanes) is 12. The van der Waals surface area contributed by atoms with Gasteiger partial charge >= 0.3 is 7.60 Å². The van der Waals surface area contributed by atoms with Crippen LogP contribution in [0.15, 0.2) is 0 Å². The van der Waals surface area contributed by atoms with Gasteiger partial charge in [-0.05, 0) is 12.8 Å². The van der Waals surface area contributed by atoms with Gasteiger partial charge in [-0.1, -0.05) is 90.9 Å². The lowest BCUT2D eigenvalue weighted by Gasteiger charge is -2.14. The van der Waals surface area contributed by atoms with E-state index in [0.29, 0.717) is 13.2 Å². The van der Waals surface area contributed by atoms with Gasteiger partial charge in [0.05, 0.1) is 13.2 Å². The molecule has 0 aliphatic heterocycles. The second-order valence-electron chi connectivity index (χ2n) is 6.68. The van der Waals surface area contributed by atoms with E-state index in [1.54, 1.807) is 6.66 Å². The van der Waals surface area contributed by atoms with E-state index >= 15 is 0 Å². The zero-order valence-electron chi connectivity index (χ0n) is 16.0. The lowest BCUT2D eigenvalue weighted by molar-refractivity contribution is 0.202. The van der Waals surface area contributed by atoms with Crippen LogP contribution in [-0.2, 0) is 13.6 Å². The molecule has 0 saturated heterocycles. The van der Waals surface area contributed by atoms with Crippen molar-refractivity contribution in [2.24, 2.45) is 0 Å². The molecule has 0 aromatic rings. The topological polar surface area (TPSA) is 35.5 Å². The van der Waals surface area contributed by atoms with Gasteiger partial charge in [-0.25, -0.2) is 0 Å². The zero-order chi connectivity index (χ0) is 17.2. The van der Waals surface area contributed by atoms with Crippen molar-refractivity contribution in [3.63, 3.8) is 0 Å². The molecule has 0 saturated carbocycles. The molecule has 0 aromatic carbocycles. The molecule has 0 fully saturated rings. The number of rotatable bonds is 18. The molecular weight excluding hydrogens is 307 g/mol. The Morgan fingerprint density at radius 3 is 1.22 bits per heavy atom. The Morgan fingerprint density at radius 1 is 0.565 bits per heavy atom. The third-order valence-electron chi connectivity index (χ3n) is 4.15. The van der Waals surface area contributed by atoms with E-state index in [-0.39, 0.29) is 0 Å². The van der Waals surface area contributed by atoms with Gasteiger partial charge in [0.25, 0.3) is 0 Å². The summed E-state index contributed by atoms with van der Waals surface area (Å²) in [5.74, 6) is 0. The summed E-state index contributed by atoms with van der Waals surface area (Å²) in [5.41, 5.74) is 0. The summed E-state index contributed by atoms with van der Waals surface area (Å²) >= 11 is 0. The van der Waals surface area contributed by atoms with E-state index in [9.17, 15) is 4.57 Å². The maximum absolute atomic E-state index is 12.1. The second-order valence-corrected chi connectivity index (χ2v) is 8.74. The highest BCUT2D eigenvalue weighted by molar-refractivity contribution is 7.52. The minimum atomic E-state index is -2.82. The molecule has 23 heavy (non-hydrogen) atoms. The van der Waals surface area contributed by atoms with Crippen molar-refractivity contribution in [2.75, 3.05) is 19.9 Å². The molecule has 4 heteroatoms. The largest absolute Gasteiger partial charge is 0.327 e. The van der Waals surface area contributed by atoms with Gasteiger partial charge in [0.1, 0.15) is 0 Å². The maximum atomic E-state index is 12.1. The smallest absolute Gasteiger partial charge is 0.309 e. The summed E-state index contributed by atoms with van der Waals surface area (Å²) in [6, 6.07) is 0. The van der Waals surface area contributed by atoms with Crippen LogP contribution in [0.3, 0.4) is 0 Å². The SMILES string of the molecule is CCCCCCCCCOP(C)(=O)OCCCCCCCCC. The molecule has 0 aromatic heterocycles. The number of hydrogen-bond donors (Lipinski definition) is 0. The van der Waals surface area contributed by atoms with Gasteiger partial charge in [-0.3, -0.25) is 4.57 Å². The second kappa shape index (κ2) is 17.0. The third-order valence-corrected chi connectivity index (χ3v) is 5.45. The van der Waals surface area contributed by atoms with E-state index in [0.717, 1.165) is 12.8 Å². The summed E-state index contributed by atoms with van der Waals surface area (Å²) in [6.45, 7) is 7.21. The van der Waals surface area contributed by atoms with Crippen LogP contribution in [-0.4, -0.2) is 19.9 Å². The summed E-state index contributed by atoms with van der Waals surface area (Å²) < 4.78 is 23.0. The Balaban J connectivity index is 3.35. The fourth-order valence-electron chi connectivity index (χ4n) is 2.62. The molecule has 140 valence electrons. The van der Waals surface area contributed by atoms with Crippen LogP contribution < -0.4 is 0 Å². The van der Waals surface area contributed by atoms with Crippen LogP contribution in [0.5, 0.6) is 0 Å². The molecule has 0 bridgehead atoms. The first kappa shape index (κ1) is 23.1. The van der Waals surface area contributed by atoms with Crippen LogP contribution in [0, 0.1) is 0 Å². The summed E-state index contributed by atoms with van der Waals surface area (Å²) in [7, 11) is -2.82. The van der Waals surface area contributed by atoms with Crippen molar-refractivity contribution in [1.82, 2.24) is 0 Å². The molecule has 3 nitrogen and oxygen atoms in total. The Labute approximate surface area is 145 Å². The zero-order valence-corrected chi connectivity index (χ0v) is 16.9. The molecule has 0 heterocycles. The molecule has 0 aliphatic carbocycles. The highest BCUT2D eigenvalue weighted by Crippen LogP contribution is 2.44. The normalized spacial score (nSPS) is 12.0. The monoisotopic (exact) mass is 348 g/mol. The van der Waals surface area contributed by atoms with Gasteiger partial charge in [-0.15, -0.1) is 0 Å². The molecular formula is C19H41O3P. The molecule has 0 atom stereocenters. The van der Waals surface area contributed by atoms with Crippen molar-refractivity contribution >= 4 is 7.60 Å². The Hall–Kier alpha value is 0.150. The Bertz CT molecular complexity index is 258. The van der Waals surface area contributed by atoms with Gasteiger partial charge in [0, 0.05) is 6.66 Å². The molecule has 0 N–H and O–H groups in total. The van der Waals surface area contributed by atoms with Crippen molar-refractivity contribution in [1.29, 1.82) is 0 Å². The molecule has 0 aliphatic rings. The van der Waals surface area contributed by atoms with Gasteiger partial charge < -0.3 is 9.05 Å². The van der Waals surface area contributed by atoms with Gasteiger partial charge in [0.15, 0.2) is 0 Å². The summed E-state index contributed by atoms with van der Waals surface area (Å²) in [6.07, 6.45) is 17.4. The standard InChI is InChI=1S/C19H41O3P/c1-4-6-8-10-12-14-16-18-21-23(3,20)22-19-17-15-13-11-9-7-5-2/h4-19H2,1-3H3. The predicted octanol–water partition coefficient (Wildman–Crippen LogP) is 7.34. The lowest BCUT2D eigenvalue weighted by Crippen LogP contribution is -1.98. The van der Waals surface area contributed by atoms with Crippen molar-refractivity contribution < 1.29 is 13.6 Å². The minimum Gasteiger partial charge on any atom is -0.309 e. The fraction of sp³-hybridized carbons (Fsp3) is 1.00. The average molecular weight is 349 g/mol. The predicted molar refractivity (Wildman–Crippen MR) is 101 cm³/mol. The van der Waals surface area contributed by atoms with Crippen molar-refractivity contribution in [3.05, 3.63) is 0 Å². The lowest BCUT2D eigenvalue weighted by atomic mass is 10.1. The first-order valence-electron chi connectivity index (χ1n) is 9.99. The minimum absolute atomic E-state index is 0.568. The van der Waals surface area contributed by atoms with Crippen LogP contribution in [0.4, 0.5) is 0 Å². The first-order chi connectivity index (χ1) is 11.1. The van der Waals surface area contributed by atoms with E-state index in [1.165, 1.54) is 77.0 Å². The molecule has 0 radical (unpaired) electrons. The van der Waals surface area contributed by atoms with E-state index in [4.69, 9.17) is 9.05 Å². The van der Waals surface area contributed by atoms with Crippen LogP contribution in [0.1, 0.15) is 104 Å². The van der Waals surface area contributed by atoms with Crippen LogP contribution in [0.2, 0.25) is 0 Å². The fourth-order valence-corrected chi connectivity index (χ4v) is 3.61. The van der Waals surface area contributed by atoms with Crippen molar-refractivity contribution in [3.8, 4) is 0 Å². The number of hydrogen-bond acceptors (Lipinski definition) is 3. The maximum Gasteiger partial charge on any atom is 0.327 e. The quantitative estimate of drug-likeness (QED) is 0.192. The average Bonchev–Trinajstić information content (AvgIpc) is 2.52. The Kier molecular flexibility index (Phi) is 17.1. The highest BCUT2D eigenvalue weighted by Gasteiger charge is 2.15. The van der Waals surface area contributed by atoms with Gasteiger partial charge in [0.2, 0.25) is 0 Å². The summed E-state index contributed by atoms with van der Waals surface area (Å²) in [4.78, 5) is 0. The van der Waals surface area contributed by atoms with E-state index in [2.05, 4.69) is 13.8 Å². The summed E-state index contributed by atoms with van der Waals surface area (Å²) in [5, 5.41) is 0. The molecule has 0 unspecified atom stereocenters. The first-order valence-corrected chi connectivity index (χ1v) is 12.0. The third kappa shape index (κ3) is 18.3. The highest BCUT2D eigenvalue weighted by atomic mass is 31.2. The van der Waals surface area contributed by atoms with E-state index in [1.807, 2.05) is 0 Å². The van der Waals surface area contributed by atoms with Crippen LogP contribution >= 0.6 is 7.60 Å².